The number of carbonyl (C=O) groups is 2. The number of nitrogens with one attached hydrogen (secondary N) is 2. The zero-order valence-corrected chi connectivity index (χ0v) is 18.1. The minimum atomic E-state index is -0.729. The van der Waals surface area contributed by atoms with Crippen molar-refractivity contribution < 1.29 is 28.2 Å². The van der Waals surface area contributed by atoms with Gasteiger partial charge in [0, 0.05) is 18.8 Å². The summed E-state index contributed by atoms with van der Waals surface area (Å²) in [5, 5.41) is 5.54. The van der Waals surface area contributed by atoms with E-state index in [1.165, 1.54) is 6.26 Å². The fourth-order valence-electron chi connectivity index (χ4n) is 3.83. The largest absolute Gasteiger partial charge is 0.486 e. The molecule has 2 amide bonds. The molecule has 32 heavy (non-hydrogen) atoms. The lowest BCUT2D eigenvalue weighted by Crippen LogP contribution is -2.49. The number of amides is 2. The Morgan fingerprint density at radius 3 is 2.72 bits per heavy atom. The van der Waals surface area contributed by atoms with Crippen LogP contribution in [0.25, 0.3) is 0 Å². The van der Waals surface area contributed by atoms with Crippen LogP contribution in [0, 0.1) is 0 Å². The second kappa shape index (κ2) is 9.78. The van der Waals surface area contributed by atoms with E-state index in [0.717, 1.165) is 5.75 Å². The van der Waals surface area contributed by atoms with Gasteiger partial charge in [0.15, 0.2) is 11.5 Å². The molecular formula is C23H27N3O6. The number of benzene rings is 1. The number of ether oxygens (including phenoxy) is 3. The van der Waals surface area contributed by atoms with Crippen LogP contribution in [-0.4, -0.2) is 55.9 Å². The van der Waals surface area contributed by atoms with Crippen molar-refractivity contribution in [2.45, 2.75) is 26.0 Å². The number of likely N-dealkylation sites (N-methyl/N-ethyl adjacent to an activating group) is 1. The summed E-state index contributed by atoms with van der Waals surface area (Å²) in [6.45, 7) is 5.95. The summed E-state index contributed by atoms with van der Waals surface area (Å²) in [5.74, 6) is 1.40. The molecule has 2 atom stereocenters. The van der Waals surface area contributed by atoms with Gasteiger partial charge in [0.05, 0.1) is 18.4 Å². The molecule has 3 heterocycles. The summed E-state index contributed by atoms with van der Waals surface area (Å²) < 4.78 is 22.7. The molecule has 0 saturated carbocycles. The number of urea groups is 1. The third kappa shape index (κ3) is 4.72. The van der Waals surface area contributed by atoms with Crippen molar-refractivity contribution >= 4 is 12.0 Å². The molecule has 0 bridgehead atoms. The number of para-hydroxylation sites is 2. The average Bonchev–Trinajstić information content (AvgIpc) is 3.33. The lowest BCUT2D eigenvalue weighted by Gasteiger charge is -2.33. The highest BCUT2D eigenvalue weighted by Crippen LogP contribution is 2.32. The Labute approximate surface area is 186 Å². The normalized spacial score (nSPS) is 20.0. The first-order valence-electron chi connectivity index (χ1n) is 10.7. The highest BCUT2D eigenvalue weighted by atomic mass is 16.6. The number of hydrogen-bond acceptors (Lipinski definition) is 7. The van der Waals surface area contributed by atoms with E-state index in [9.17, 15) is 9.59 Å². The number of esters is 1. The van der Waals surface area contributed by atoms with Crippen molar-refractivity contribution in [2.75, 3.05) is 32.8 Å². The van der Waals surface area contributed by atoms with Gasteiger partial charge in [-0.1, -0.05) is 19.1 Å². The third-order valence-electron chi connectivity index (χ3n) is 5.33. The van der Waals surface area contributed by atoms with E-state index in [1.54, 1.807) is 19.1 Å². The Bertz CT molecular complexity index is 987. The molecule has 1 aromatic heterocycles. The Balaban J connectivity index is 1.56. The zero-order valence-electron chi connectivity index (χ0n) is 18.1. The summed E-state index contributed by atoms with van der Waals surface area (Å²) in [5.41, 5.74) is 0.804. The second-order valence-corrected chi connectivity index (χ2v) is 7.48. The fraction of sp³-hybridized carbons (Fsp3) is 0.391. The van der Waals surface area contributed by atoms with Gasteiger partial charge in [0.1, 0.15) is 24.5 Å². The number of hydrogen-bond donors (Lipinski definition) is 2. The molecule has 9 nitrogen and oxygen atoms in total. The van der Waals surface area contributed by atoms with Crippen molar-refractivity contribution in [3.63, 3.8) is 0 Å². The van der Waals surface area contributed by atoms with E-state index in [2.05, 4.69) is 15.5 Å². The van der Waals surface area contributed by atoms with Crippen molar-refractivity contribution in [1.29, 1.82) is 0 Å². The van der Waals surface area contributed by atoms with Crippen LogP contribution in [0.15, 0.2) is 58.3 Å². The number of nitrogens with zero attached hydrogens (tertiary/aromatic N) is 1. The Morgan fingerprint density at radius 2 is 2.00 bits per heavy atom. The van der Waals surface area contributed by atoms with Crippen LogP contribution in [0.5, 0.6) is 11.5 Å². The smallest absolute Gasteiger partial charge is 0.338 e. The minimum Gasteiger partial charge on any atom is -0.486 e. The zero-order chi connectivity index (χ0) is 22.5. The van der Waals surface area contributed by atoms with E-state index in [4.69, 9.17) is 18.6 Å². The first-order valence-corrected chi connectivity index (χ1v) is 10.7. The second-order valence-electron chi connectivity index (χ2n) is 7.48. The maximum atomic E-state index is 12.8. The summed E-state index contributed by atoms with van der Waals surface area (Å²) in [7, 11) is 0. The lowest BCUT2D eigenvalue weighted by molar-refractivity contribution is -0.139. The van der Waals surface area contributed by atoms with Gasteiger partial charge in [-0.25, -0.2) is 9.59 Å². The maximum absolute atomic E-state index is 12.8. The van der Waals surface area contributed by atoms with Crippen molar-refractivity contribution in [1.82, 2.24) is 15.5 Å². The summed E-state index contributed by atoms with van der Waals surface area (Å²) in [4.78, 5) is 27.3. The predicted octanol–water partition coefficient (Wildman–Crippen LogP) is 2.61. The molecule has 0 spiro atoms. The molecule has 2 aliphatic heterocycles. The number of fused-ring (bicyclic) bond motifs is 1. The van der Waals surface area contributed by atoms with Gasteiger partial charge in [0.2, 0.25) is 0 Å². The number of carbonyl (C=O) groups excluding carboxylic acids is 2. The first kappa shape index (κ1) is 21.8. The Kier molecular flexibility index (Phi) is 6.65. The highest BCUT2D eigenvalue weighted by Gasteiger charge is 2.36. The van der Waals surface area contributed by atoms with Gasteiger partial charge in [-0.15, -0.1) is 0 Å². The molecule has 0 radical (unpaired) electrons. The van der Waals surface area contributed by atoms with Gasteiger partial charge >= 0.3 is 12.0 Å². The standard InChI is InChI=1S/C23H27N3O6/c1-3-26(12-15-14-31-17-8-5-6-9-18(17)32-15)13-16-20(22(27)29-4-2)21(25-23(28)24-16)19-10-7-11-30-19/h5-11,15,21H,3-4,12-14H2,1-2H3,(H2,24,25,28)/t15-,21-/m0/s1. The molecule has 1 aromatic carbocycles. The molecular weight excluding hydrogens is 414 g/mol. The number of furan rings is 1. The molecule has 0 fully saturated rings. The van der Waals surface area contributed by atoms with Gasteiger partial charge < -0.3 is 29.3 Å². The SMILES string of the molecule is CCOC(=O)C1=C(CN(CC)C[C@H]2COc3ccccc3O2)NC(=O)N[C@H]1c1ccco1. The predicted molar refractivity (Wildman–Crippen MR) is 115 cm³/mol. The van der Waals surface area contributed by atoms with E-state index in [0.29, 0.717) is 49.0 Å². The Hall–Kier alpha value is -3.46. The van der Waals surface area contributed by atoms with Crippen LogP contribution in [0.4, 0.5) is 4.79 Å². The van der Waals surface area contributed by atoms with Crippen LogP contribution in [-0.2, 0) is 9.53 Å². The van der Waals surface area contributed by atoms with Crippen LogP contribution in [0.3, 0.4) is 0 Å². The van der Waals surface area contributed by atoms with Crippen molar-refractivity contribution in [3.05, 3.63) is 59.7 Å². The van der Waals surface area contributed by atoms with E-state index in [1.807, 2.05) is 31.2 Å². The van der Waals surface area contributed by atoms with Gasteiger partial charge in [-0.05, 0) is 37.7 Å². The summed E-state index contributed by atoms with van der Waals surface area (Å²) >= 11 is 0. The highest BCUT2D eigenvalue weighted by molar-refractivity contribution is 5.95. The molecule has 2 N–H and O–H groups in total. The maximum Gasteiger partial charge on any atom is 0.338 e. The van der Waals surface area contributed by atoms with Gasteiger partial charge in [0.25, 0.3) is 0 Å². The monoisotopic (exact) mass is 441 g/mol. The van der Waals surface area contributed by atoms with Crippen LogP contribution in [0.2, 0.25) is 0 Å². The lowest BCUT2D eigenvalue weighted by atomic mass is 9.99. The van der Waals surface area contributed by atoms with E-state index >= 15 is 0 Å². The van der Waals surface area contributed by atoms with Crippen LogP contribution < -0.4 is 20.1 Å². The third-order valence-corrected chi connectivity index (χ3v) is 5.33. The molecule has 0 saturated heterocycles. The van der Waals surface area contributed by atoms with Gasteiger partial charge in [-0.2, -0.15) is 0 Å². The molecule has 2 aliphatic rings. The summed E-state index contributed by atoms with van der Waals surface area (Å²) in [6.07, 6.45) is 1.32. The van der Waals surface area contributed by atoms with Gasteiger partial charge in [-0.3, -0.25) is 4.90 Å². The molecule has 0 aliphatic carbocycles. The topological polar surface area (TPSA) is 102 Å². The molecule has 9 heteroatoms. The van der Waals surface area contributed by atoms with E-state index < -0.39 is 18.0 Å². The van der Waals surface area contributed by atoms with Crippen molar-refractivity contribution in [2.24, 2.45) is 0 Å². The minimum absolute atomic E-state index is 0.185. The molecule has 0 unspecified atom stereocenters. The average molecular weight is 441 g/mol. The molecule has 4 rings (SSSR count). The molecule has 170 valence electrons. The number of rotatable bonds is 8. The van der Waals surface area contributed by atoms with Crippen molar-refractivity contribution in [3.8, 4) is 11.5 Å². The van der Waals surface area contributed by atoms with Crippen LogP contribution >= 0.6 is 0 Å². The Morgan fingerprint density at radius 1 is 1.19 bits per heavy atom. The van der Waals surface area contributed by atoms with E-state index in [-0.39, 0.29) is 12.7 Å². The quantitative estimate of drug-likeness (QED) is 0.607. The first-order chi connectivity index (χ1) is 15.6. The van der Waals surface area contributed by atoms with Crippen LogP contribution in [0.1, 0.15) is 25.6 Å². The molecule has 2 aromatic rings. The fourth-order valence-corrected chi connectivity index (χ4v) is 3.83. The summed E-state index contributed by atoms with van der Waals surface area (Å²) in [6, 6.07) is 9.85.